The van der Waals surface area contributed by atoms with Crippen LogP contribution in [0.1, 0.15) is 5.56 Å². The summed E-state index contributed by atoms with van der Waals surface area (Å²) in [5, 5.41) is 9.64. The minimum atomic E-state index is 0.185. The highest BCUT2D eigenvalue weighted by molar-refractivity contribution is 7.99. The molecule has 6 heteroatoms. The molecule has 0 aliphatic carbocycles. The van der Waals surface area contributed by atoms with E-state index in [-0.39, 0.29) is 12.5 Å². The van der Waals surface area contributed by atoms with E-state index in [9.17, 15) is 4.79 Å². The predicted octanol–water partition coefficient (Wildman–Crippen LogP) is 1.71. The highest BCUT2D eigenvalue weighted by atomic mass is 35.5. The Kier molecular flexibility index (Phi) is 6.83. The largest absolute Gasteiger partial charge is 0.395 e. The molecule has 0 aromatic heterocycles. The lowest BCUT2D eigenvalue weighted by Crippen LogP contribution is -2.49. The Balaban J connectivity index is 1.67. The fourth-order valence-electron chi connectivity index (χ4n) is 2.29. The Morgan fingerprint density at radius 3 is 2.48 bits per heavy atom. The van der Waals surface area contributed by atoms with E-state index in [4.69, 9.17) is 16.7 Å². The molecule has 116 valence electrons. The van der Waals surface area contributed by atoms with Crippen LogP contribution in [0.2, 0.25) is 5.02 Å². The van der Waals surface area contributed by atoms with Crippen molar-refractivity contribution in [2.45, 2.75) is 5.75 Å². The average molecular weight is 329 g/mol. The van der Waals surface area contributed by atoms with E-state index in [1.165, 1.54) is 5.56 Å². The summed E-state index contributed by atoms with van der Waals surface area (Å²) >= 11 is 7.48. The van der Waals surface area contributed by atoms with Gasteiger partial charge in [0.1, 0.15) is 0 Å². The first-order valence-corrected chi connectivity index (χ1v) is 8.65. The van der Waals surface area contributed by atoms with Gasteiger partial charge >= 0.3 is 0 Å². The maximum absolute atomic E-state index is 12.1. The van der Waals surface area contributed by atoms with Crippen LogP contribution in [0.15, 0.2) is 24.3 Å². The first-order valence-electron chi connectivity index (χ1n) is 7.12. The van der Waals surface area contributed by atoms with Gasteiger partial charge in [-0.05, 0) is 17.7 Å². The van der Waals surface area contributed by atoms with Crippen LogP contribution in [0.4, 0.5) is 0 Å². The zero-order valence-electron chi connectivity index (χ0n) is 12.0. The first-order chi connectivity index (χ1) is 10.2. The maximum Gasteiger partial charge on any atom is 0.232 e. The van der Waals surface area contributed by atoms with Gasteiger partial charge in [-0.15, -0.1) is 11.8 Å². The minimum absolute atomic E-state index is 0.185. The normalized spacial score (nSPS) is 16.2. The molecule has 0 saturated carbocycles. The summed E-state index contributed by atoms with van der Waals surface area (Å²) in [4.78, 5) is 16.2. The number of benzene rings is 1. The first kappa shape index (κ1) is 16.6. The molecule has 0 atom stereocenters. The van der Waals surface area contributed by atoms with Crippen molar-refractivity contribution in [1.29, 1.82) is 0 Å². The fraction of sp³-hybridized carbons (Fsp3) is 0.533. The van der Waals surface area contributed by atoms with Gasteiger partial charge in [0.2, 0.25) is 5.91 Å². The molecule has 2 rings (SSSR count). The fourth-order valence-corrected chi connectivity index (χ4v) is 3.30. The van der Waals surface area contributed by atoms with Crippen LogP contribution < -0.4 is 0 Å². The summed E-state index contributed by atoms with van der Waals surface area (Å²) in [6, 6.07) is 7.74. The van der Waals surface area contributed by atoms with Crippen molar-refractivity contribution >= 4 is 29.3 Å². The second-order valence-corrected chi connectivity index (χ2v) is 6.49. The summed E-state index contributed by atoms with van der Waals surface area (Å²) in [5.41, 5.74) is 1.19. The molecule has 4 nitrogen and oxygen atoms in total. The van der Waals surface area contributed by atoms with E-state index in [1.807, 2.05) is 29.2 Å². The average Bonchev–Trinajstić information content (AvgIpc) is 2.50. The lowest BCUT2D eigenvalue weighted by Gasteiger charge is -2.34. The molecular formula is C15H21ClN2O2S. The third-order valence-electron chi connectivity index (χ3n) is 3.55. The van der Waals surface area contributed by atoms with Gasteiger partial charge in [-0.25, -0.2) is 0 Å². The van der Waals surface area contributed by atoms with Crippen molar-refractivity contribution in [2.24, 2.45) is 0 Å². The Morgan fingerprint density at radius 2 is 1.86 bits per heavy atom. The van der Waals surface area contributed by atoms with Crippen LogP contribution in [0.3, 0.4) is 0 Å². The topological polar surface area (TPSA) is 43.8 Å². The molecule has 0 spiro atoms. The standard InChI is InChI=1S/C15H21ClN2O2S/c16-14-3-1-13(2-4-14)11-21-12-15(20)18-7-5-17(6-8-18)9-10-19/h1-4,19H,5-12H2. The zero-order valence-corrected chi connectivity index (χ0v) is 13.6. The summed E-state index contributed by atoms with van der Waals surface area (Å²) in [7, 11) is 0. The van der Waals surface area contributed by atoms with Gasteiger partial charge in [0.25, 0.3) is 0 Å². The number of aliphatic hydroxyl groups is 1. The number of carbonyl (C=O) groups is 1. The molecule has 21 heavy (non-hydrogen) atoms. The molecule has 0 unspecified atom stereocenters. The van der Waals surface area contributed by atoms with Gasteiger partial charge in [-0.2, -0.15) is 0 Å². The van der Waals surface area contributed by atoms with Crippen molar-refractivity contribution in [3.8, 4) is 0 Å². The summed E-state index contributed by atoms with van der Waals surface area (Å²) < 4.78 is 0. The van der Waals surface area contributed by atoms with Gasteiger partial charge in [0.15, 0.2) is 0 Å². The van der Waals surface area contributed by atoms with Crippen molar-refractivity contribution in [1.82, 2.24) is 9.80 Å². The quantitative estimate of drug-likeness (QED) is 0.863. The number of aliphatic hydroxyl groups excluding tert-OH is 1. The number of hydrogen-bond donors (Lipinski definition) is 1. The Bertz CT molecular complexity index is 447. The molecule has 0 radical (unpaired) electrons. The molecule has 1 amide bonds. The van der Waals surface area contributed by atoms with Crippen LogP contribution >= 0.6 is 23.4 Å². The van der Waals surface area contributed by atoms with E-state index in [2.05, 4.69) is 4.90 Å². The Labute approximate surface area is 135 Å². The minimum Gasteiger partial charge on any atom is -0.395 e. The van der Waals surface area contributed by atoms with Crippen molar-refractivity contribution < 1.29 is 9.90 Å². The Morgan fingerprint density at radius 1 is 1.19 bits per heavy atom. The van der Waals surface area contributed by atoms with Crippen LogP contribution in [0.25, 0.3) is 0 Å². The van der Waals surface area contributed by atoms with E-state index in [1.54, 1.807) is 11.8 Å². The number of halogens is 1. The molecule has 1 N–H and O–H groups in total. The predicted molar refractivity (Wildman–Crippen MR) is 87.7 cm³/mol. The van der Waals surface area contributed by atoms with Crippen LogP contribution in [-0.2, 0) is 10.5 Å². The lowest BCUT2D eigenvalue weighted by molar-refractivity contribution is -0.130. The van der Waals surface area contributed by atoms with Crippen LogP contribution in [0.5, 0.6) is 0 Å². The molecular weight excluding hydrogens is 308 g/mol. The van der Waals surface area contributed by atoms with Crippen molar-refractivity contribution in [2.75, 3.05) is 45.1 Å². The number of piperazine rings is 1. The summed E-state index contributed by atoms with van der Waals surface area (Å²) in [5.74, 6) is 1.55. The van der Waals surface area contributed by atoms with E-state index in [0.717, 1.165) is 37.0 Å². The maximum atomic E-state index is 12.1. The number of β-amino-alcohol motifs (C(OH)–C–C–N with tert-alkyl or cyclic N) is 1. The number of carbonyl (C=O) groups excluding carboxylic acids is 1. The van der Waals surface area contributed by atoms with Crippen LogP contribution in [-0.4, -0.2) is 65.9 Å². The van der Waals surface area contributed by atoms with Gasteiger partial charge in [-0.3, -0.25) is 9.69 Å². The molecule has 1 fully saturated rings. The number of hydrogen-bond acceptors (Lipinski definition) is 4. The van der Waals surface area contributed by atoms with Gasteiger partial charge in [0.05, 0.1) is 12.4 Å². The van der Waals surface area contributed by atoms with E-state index >= 15 is 0 Å². The van der Waals surface area contributed by atoms with Crippen molar-refractivity contribution in [3.63, 3.8) is 0 Å². The summed E-state index contributed by atoms with van der Waals surface area (Å²) in [6.45, 7) is 4.13. The molecule has 1 aliphatic rings. The zero-order chi connectivity index (χ0) is 15.1. The van der Waals surface area contributed by atoms with E-state index < -0.39 is 0 Å². The molecule has 1 saturated heterocycles. The monoisotopic (exact) mass is 328 g/mol. The lowest BCUT2D eigenvalue weighted by atomic mass is 10.2. The molecule has 1 aromatic rings. The SMILES string of the molecule is O=C(CSCc1ccc(Cl)cc1)N1CCN(CCO)CC1. The second kappa shape index (κ2) is 8.63. The Hall–Kier alpha value is -0.750. The number of amides is 1. The highest BCUT2D eigenvalue weighted by Gasteiger charge is 2.20. The van der Waals surface area contributed by atoms with Gasteiger partial charge < -0.3 is 10.0 Å². The summed E-state index contributed by atoms with van der Waals surface area (Å²) in [6.07, 6.45) is 0. The molecule has 1 heterocycles. The molecule has 1 aliphatic heterocycles. The molecule has 1 aromatic carbocycles. The van der Waals surface area contributed by atoms with E-state index in [0.29, 0.717) is 12.3 Å². The second-order valence-electron chi connectivity index (χ2n) is 5.07. The number of thioether (sulfide) groups is 1. The smallest absolute Gasteiger partial charge is 0.232 e. The number of rotatable bonds is 6. The molecule has 0 bridgehead atoms. The van der Waals surface area contributed by atoms with Crippen molar-refractivity contribution in [3.05, 3.63) is 34.9 Å². The van der Waals surface area contributed by atoms with Gasteiger partial charge in [-0.1, -0.05) is 23.7 Å². The highest BCUT2D eigenvalue weighted by Crippen LogP contribution is 2.16. The third kappa shape index (κ3) is 5.51. The number of nitrogens with zero attached hydrogens (tertiary/aromatic N) is 2. The third-order valence-corrected chi connectivity index (χ3v) is 4.79. The van der Waals surface area contributed by atoms with Gasteiger partial charge in [0, 0.05) is 43.5 Å². The van der Waals surface area contributed by atoms with Crippen LogP contribution in [0, 0.1) is 0 Å².